The predicted octanol–water partition coefficient (Wildman–Crippen LogP) is 0.156. The molecule has 3 heterocycles. The van der Waals surface area contributed by atoms with Gasteiger partial charge in [0.2, 0.25) is 5.91 Å². The molecule has 1 unspecified atom stereocenters. The van der Waals surface area contributed by atoms with E-state index >= 15 is 0 Å². The van der Waals surface area contributed by atoms with E-state index in [0.717, 1.165) is 26.2 Å². The number of primary amides is 1. The van der Waals surface area contributed by atoms with Crippen molar-refractivity contribution in [2.24, 2.45) is 5.73 Å². The summed E-state index contributed by atoms with van der Waals surface area (Å²) < 4.78 is 5.44. The van der Waals surface area contributed by atoms with Gasteiger partial charge in [-0.2, -0.15) is 0 Å². The van der Waals surface area contributed by atoms with Gasteiger partial charge in [0.15, 0.2) is 0 Å². The summed E-state index contributed by atoms with van der Waals surface area (Å²) in [6, 6.07) is 2.05. The van der Waals surface area contributed by atoms with Crippen LogP contribution in [0.4, 0.5) is 5.69 Å². The van der Waals surface area contributed by atoms with Crippen molar-refractivity contribution in [1.29, 1.82) is 0 Å². The molecule has 2 N–H and O–H groups in total. The molecule has 1 atom stereocenters. The van der Waals surface area contributed by atoms with Crippen molar-refractivity contribution in [3.05, 3.63) is 24.0 Å². The van der Waals surface area contributed by atoms with Crippen LogP contribution in [-0.4, -0.2) is 60.7 Å². The summed E-state index contributed by atoms with van der Waals surface area (Å²) in [7, 11) is 0. The molecule has 1 amide bonds. The van der Waals surface area contributed by atoms with Crippen LogP contribution in [0.25, 0.3) is 0 Å². The van der Waals surface area contributed by atoms with Crippen molar-refractivity contribution < 1.29 is 9.53 Å². The first-order valence-corrected chi connectivity index (χ1v) is 7.42. The zero-order valence-corrected chi connectivity index (χ0v) is 12.4. The first kappa shape index (κ1) is 14.3. The summed E-state index contributed by atoms with van der Waals surface area (Å²) in [4.78, 5) is 20.6. The highest BCUT2D eigenvalue weighted by atomic mass is 16.5. The third-order valence-corrected chi connectivity index (χ3v) is 4.68. The third kappa shape index (κ3) is 2.49. The highest BCUT2D eigenvalue weighted by Gasteiger charge is 2.46. The van der Waals surface area contributed by atoms with Crippen molar-refractivity contribution in [3.8, 4) is 0 Å². The predicted molar refractivity (Wildman–Crippen MR) is 80.1 cm³/mol. The zero-order valence-electron chi connectivity index (χ0n) is 12.4. The molecule has 2 fully saturated rings. The molecule has 0 spiro atoms. The third-order valence-electron chi connectivity index (χ3n) is 4.68. The van der Waals surface area contributed by atoms with Crippen LogP contribution in [0.3, 0.4) is 0 Å². The van der Waals surface area contributed by atoms with Crippen LogP contribution in [0, 0.1) is 6.92 Å². The molecule has 1 aromatic heterocycles. The summed E-state index contributed by atoms with van der Waals surface area (Å²) in [6.07, 6.45) is 4.42. The summed E-state index contributed by atoms with van der Waals surface area (Å²) in [5.74, 6) is -0.256. The number of aromatic nitrogens is 1. The van der Waals surface area contributed by atoms with Crippen LogP contribution in [0.2, 0.25) is 0 Å². The number of nitrogens with zero attached hydrogens (tertiary/aromatic N) is 3. The molecule has 6 nitrogen and oxygen atoms in total. The molecule has 1 aromatic rings. The molecule has 0 aliphatic carbocycles. The van der Waals surface area contributed by atoms with Gasteiger partial charge in [-0.05, 0) is 18.6 Å². The molecule has 0 aromatic carbocycles. The minimum atomic E-state index is -0.598. The van der Waals surface area contributed by atoms with E-state index in [4.69, 9.17) is 10.5 Å². The number of rotatable bonds is 3. The number of hydrogen-bond donors (Lipinski definition) is 1. The van der Waals surface area contributed by atoms with Gasteiger partial charge in [0, 0.05) is 57.3 Å². The number of hydrogen-bond acceptors (Lipinski definition) is 5. The van der Waals surface area contributed by atoms with Gasteiger partial charge in [-0.1, -0.05) is 0 Å². The van der Waals surface area contributed by atoms with Crippen LogP contribution in [-0.2, 0) is 9.53 Å². The van der Waals surface area contributed by atoms with Crippen LogP contribution in [0.15, 0.2) is 18.5 Å². The van der Waals surface area contributed by atoms with Crippen molar-refractivity contribution in [1.82, 2.24) is 9.88 Å². The maximum absolute atomic E-state index is 11.9. The fraction of sp³-hybridized carbons (Fsp3) is 0.600. The van der Waals surface area contributed by atoms with Gasteiger partial charge in [-0.15, -0.1) is 0 Å². The molecule has 21 heavy (non-hydrogen) atoms. The number of pyridine rings is 1. The lowest BCUT2D eigenvalue weighted by molar-refractivity contribution is -0.130. The van der Waals surface area contributed by atoms with Crippen molar-refractivity contribution in [2.45, 2.75) is 18.9 Å². The highest BCUT2D eigenvalue weighted by molar-refractivity contribution is 5.85. The molecule has 6 heteroatoms. The average molecular weight is 290 g/mol. The molecule has 2 aliphatic rings. The van der Waals surface area contributed by atoms with Crippen LogP contribution in [0.5, 0.6) is 0 Å². The normalized spacial score (nSPS) is 27.0. The van der Waals surface area contributed by atoms with Gasteiger partial charge in [0.25, 0.3) is 0 Å². The Morgan fingerprint density at radius 1 is 1.38 bits per heavy atom. The molecular weight excluding hydrogens is 268 g/mol. The van der Waals surface area contributed by atoms with E-state index in [2.05, 4.69) is 21.7 Å². The number of amides is 1. The Kier molecular flexibility index (Phi) is 3.82. The van der Waals surface area contributed by atoms with Gasteiger partial charge in [-0.25, -0.2) is 0 Å². The first-order valence-electron chi connectivity index (χ1n) is 7.42. The lowest BCUT2D eigenvalue weighted by Crippen LogP contribution is -2.63. The largest absolute Gasteiger partial charge is 0.379 e. The molecule has 2 aliphatic heterocycles. The van der Waals surface area contributed by atoms with Crippen molar-refractivity contribution >= 4 is 11.6 Å². The molecule has 0 radical (unpaired) electrons. The van der Waals surface area contributed by atoms with E-state index in [1.54, 1.807) is 0 Å². The fourth-order valence-corrected chi connectivity index (χ4v) is 3.35. The SMILES string of the molecule is Cc1cnccc1N1CCN(C2(C(N)=O)CCOC2)CC1. The number of aryl methyl sites for hydroxylation is 1. The fourth-order valence-electron chi connectivity index (χ4n) is 3.35. The number of anilines is 1. The van der Waals surface area contributed by atoms with Crippen LogP contribution >= 0.6 is 0 Å². The molecular formula is C15H22N4O2. The maximum Gasteiger partial charge on any atom is 0.240 e. The van der Waals surface area contributed by atoms with E-state index in [1.807, 2.05) is 18.5 Å². The Morgan fingerprint density at radius 2 is 2.14 bits per heavy atom. The Bertz CT molecular complexity index is 520. The number of nitrogens with two attached hydrogens (primary N) is 1. The monoisotopic (exact) mass is 290 g/mol. The first-order chi connectivity index (χ1) is 10.1. The quantitative estimate of drug-likeness (QED) is 0.858. The molecule has 0 saturated carbocycles. The van der Waals surface area contributed by atoms with Crippen LogP contribution in [0.1, 0.15) is 12.0 Å². The van der Waals surface area contributed by atoms with Gasteiger partial charge in [0.05, 0.1) is 6.61 Å². The number of piperazine rings is 1. The van der Waals surface area contributed by atoms with E-state index in [1.165, 1.54) is 11.3 Å². The van der Waals surface area contributed by atoms with E-state index in [0.29, 0.717) is 19.6 Å². The van der Waals surface area contributed by atoms with E-state index < -0.39 is 5.54 Å². The lowest BCUT2D eigenvalue weighted by atomic mass is 9.94. The lowest BCUT2D eigenvalue weighted by Gasteiger charge is -2.44. The zero-order chi connectivity index (χ0) is 14.9. The topological polar surface area (TPSA) is 71.7 Å². The number of ether oxygens (including phenoxy) is 1. The Morgan fingerprint density at radius 3 is 2.71 bits per heavy atom. The summed E-state index contributed by atoms with van der Waals surface area (Å²) in [6.45, 7) is 6.55. The second-order valence-corrected chi connectivity index (χ2v) is 5.83. The molecule has 3 rings (SSSR count). The Hall–Kier alpha value is -1.66. The minimum Gasteiger partial charge on any atom is -0.379 e. The van der Waals surface area contributed by atoms with E-state index in [-0.39, 0.29) is 5.91 Å². The number of carbonyl (C=O) groups excluding carboxylic acids is 1. The van der Waals surface area contributed by atoms with Gasteiger partial charge >= 0.3 is 0 Å². The smallest absolute Gasteiger partial charge is 0.240 e. The average Bonchev–Trinajstić information content (AvgIpc) is 2.99. The minimum absolute atomic E-state index is 0.256. The highest BCUT2D eigenvalue weighted by Crippen LogP contribution is 2.29. The summed E-state index contributed by atoms with van der Waals surface area (Å²) in [5, 5.41) is 0. The molecule has 0 bridgehead atoms. The molecule has 114 valence electrons. The van der Waals surface area contributed by atoms with E-state index in [9.17, 15) is 4.79 Å². The van der Waals surface area contributed by atoms with Crippen molar-refractivity contribution in [3.63, 3.8) is 0 Å². The Labute approximate surface area is 124 Å². The van der Waals surface area contributed by atoms with Gasteiger partial charge in [0.1, 0.15) is 5.54 Å². The van der Waals surface area contributed by atoms with Gasteiger partial charge in [-0.3, -0.25) is 14.7 Å². The summed E-state index contributed by atoms with van der Waals surface area (Å²) in [5.41, 5.74) is 7.46. The maximum atomic E-state index is 11.9. The standard InChI is InChI=1S/C15H22N4O2/c1-12-10-17-4-2-13(12)18-5-7-19(8-6-18)15(14(16)20)3-9-21-11-15/h2,4,10H,3,5-9,11H2,1H3,(H2,16,20). The summed E-state index contributed by atoms with van der Waals surface area (Å²) >= 11 is 0. The number of carbonyl (C=O) groups is 1. The second kappa shape index (κ2) is 5.61. The second-order valence-electron chi connectivity index (χ2n) is 5.83. The van der Waals surface area contributed by atoms with Crippen LogP contribution < -0.4 is 10.6 Å². The van der Waals surface area contributed by atoms with Gasteiger partial charge < -0.3 is 15.4 Å². The Balaban J connectivity index is 1.70. The van der Waals surface area contributed by atoms with Crippen molar-refractivity contribution in [2.75, 3.05) is 44.3 Å². The molecule has 2 saturated heterocycles.